The van der Waals surface area contributed by atoms with Crippen LogP contribution in [0.5, 0.6) is 5.75 Å². The normalized spacial score (nSPS) is 10.8. The molecule has 0 radical (unpaired) electrons. The lowest BCUT2D eigenvalue weighted by atomic mass is 9.90. The number of hydrogen-bond acceptors (Lipinski definition) is 3. The van der Waals surface area contributed by atoms with Gasteiger partial charge in [-0.2, -0.15) is 5.26 Å². The van der Waals surface area contributed by atoms with Crippen LogP contribution in [0, 0.1) is 23.7 Å². The third-order valence-corrected chi connectivity index (χ3v) is 2.94. The molecule has 0 fully saturated rings. The predicted molar refractivity (Wildman–Crippen MR) is 72.3 cm³/mol. The van der Waals surface area contributed by atoms with Crippen LogP contribution in [0.1, 0.15) is 42.6 Å². The van der Waals surface area contributed by atoms with Crippen molar-refractivity contribution in [2.75, 3.05) is 6.61 Å². The summed E-state index contributed by atoms with van der Waals surface area (Å²) in [5.74, 6) is -0.569. The van der Waals surface area contributed by atoms with Crippen molar-refractivity contribution in [1.29, 1.82) is 5.26 Å². The van der Waals surface area contributed by atoms with E-state index >= 15 is 0 Å². The first-order valence-electron chi connectivity index (χ1n) is 6.24. The summed E-state index contributed by atoms with van der Waals surface area (Å²) in [6.07, 6.45) is 1.44. The Labute approximate surface area is 113 Å². The van der Waals surface area contributed by atoms with Gasteiger partial charge in [-0.15, -0.1) is 0 Å². The number of carboxylic acid groups (broad SMARTS) is 1. The van der Waals surface area contributed by atoms with E-state index in [1.807, 2.05) is 26.8 Å². The number of ether oxygens (including phenoxy) is 1. The Hall–Kier alpha value is -2.02. The maximum Gasteiger partial charge on any atom is 0.339 e. The summed E-state index contributed by atoms with van der Waals surface area (Å²) in [4.78, 5) is 11.1. The van der Waals surface area contributed by atoms with Gasteiger partial charge in [0, 0.05) is 0 Å². The minimum absolute atomic E-state index is 0.180. The first kappa shape index (κ1) is 15.0. The van der Waals surface area contributed by atoms with Crippen LogP contribution in [0.2, 0.25) is 0 Å². The Bertz CT molecular complexity index is 501. The molecular formula is C15H19NO3. The SMILES string of the molecule is Cc1cccc(C(=O)O)c1OCCCC(C)(C)C#N. The molecule has 0 unspecified atom stereocenters. The van der Waals surface area contributed by atoms with E-state index in [0.717, 1.165) is 12.0 Å². The molecule has 102 valence electrons. The molecule has 0 saturated heterocycles. The van der Waals surface area contributed by atoms with Gasteiger partial charge in [0.25, 0.3) is 0 Å². The highest BCUT2D eigenvalue weighted by atomic mass is 16.5. The van der Waals surface area contributed by atoms with Crippen molar-refractivity contribution in [3.8, 4) is 11.8 Å². The van der Waals surface area contributed by atoms with Crippen LogP contribution in [-0.2, 0) is 0 Å². The van der Waals surface area contributed by atoms with Gasteiger partial charge in [-0.1, -0.05) is 12.1 Å². The van der Waals surface area contributed by atoms with E-state index in [9.17, 15) is 4.79 Å². The summed E-state index contributed by atoms with van der Waals surface area (Å²) in [6, 6.07) is 7.28. The van der Waals surface area contributed by atoms with E-state index < -0.39 is 5.97 Å². The molecule has 4 heteroatoms. The number of benzene rings is 1. The van der Waals surface area contributed by atoms with E-state index in [1.54, 1.807) is 6.07 Å². The van der Waals surface area contributed by atoms with Crippen molar-refractivity contribution in [3.63, 3.8) is 0 Å². The number of aromatic carboxylic acids is 1. The molecule has 0 aliphatic rings. The lowest BCUT2D eigenvalue weighted by Gasteiger charge is -2.16. The van der Waals surface area contributed by atoms with E-state index in [0.29, 0.717) is 18.8 Å². The van der Waals surface area contributed by atoms with Gasteiger partial charge < -0.3 is 9.84 Å². The zero-order chi connectivity index (χ0) is 14.5. The number of carboxylic acids is 1. The zero-order valence-electron chi connectivity index (χ0n) is 11.6. The highest BCUT2D eigenvalue weighted by molar-refractivity contribution is 5.91. The summed E-state index contributed by atoms with van der Waals surface area (Å²) >= 11 is 0. The Balaban J connectivity index is 2.64. The van der Waals surface area contributed by atoms with Crippen LogP contribution in [0.15, 0.2) is 18.2 Å². The lowest BCUT2D eigenvalue weighted by Crippen LogP contribution is -2.11. The van der Waals surface area contributed by atoms with Crippen molar-refractivity contribution >= 4 is 5.97 Å². The fourth-order valence-corrected chi connectivity index (χ4v) is 1.76. The molecule has 0 heterocycles. The molecule has 0 aromatic heterocycles. The molecule has 0 bridgehead atoms. The second-order valence-corrected chi connectivity index (χ2v) is 5.20. The number of hydrogen-bond donors (Lipinski definition) is 1. The zero-order valence-corrected chi connectivity index (χ0v) is 11.6. The largest absolute Gasteiger partial charge is 0.492 e. The van der Waals surface area contributed by atoms with Crippen LogP contribution < -0.4 is 4.74 Å². The van der Waals surface area contributed by atoms with Gasteiger partial charge in [-0.05, 0) is 45.2 Å². The maximum absolute atomic E-state index is 11.1. The molecule has 0 aliphatic heterocycles. The Morgan fingerprint density at radius 2 is 2.16 bits per heavy atom. The number of nitriles is 1. The Morgan fingerprint density at radius 3 is 2.74 bits per heavy atom. The second kappa shape index (κ2) is 6.24. The third-order valence-electron chi connectivity index (χ3n) is 2.94. The first-order valence-corrected chi connectivity index (χ1v) is 6.24. The third kappa shape index (κ3) is 4.29. The molecule has 0 aliphatic carbocycles. The van der Waals surface area contributed by atoms with Crippen LogP contribution in [0.4, 0.5) is 0 Å². The molecule has 19 heavy (non-hydrogen) atoms. The summed E-state index contributed by atoms with van der Waals surface area (Å²) in [7, 11) is 0. The smallest absolute Gasteiger partial charge is 0.339 e. The summed E-state index contributed by atoms with van der Waals surface area (Å²) in [6.45, 7) is 5.99. The first-order chi connectivity index (χ1) is 8.87. The number of carbonyl (C=O) groups is 1. The summed E-state index contributed by atoms with van der Waals surface area (Å²) < 4.78 is 5.58. The second-order valence-electron chi connectivity index (χ2n) is 5.20. The summed E-state index contributed by atoms with van der Waals surface area (Å²) in [5.41, 5.74) is 0.615. The number of para-hydroxylation sites is 1. The molecular weight excluding hydrogens is 242 g/mol. The van der Waals surface area contributed by atoms with E-state index in [-0.39, 0.29) is 11.0 Å². The van der Waals surface area contributed by atoms with Gasteiger partial charge in [0.05, 0.1) is 18.1 Å². The van der Waals surface area contributed by atoms with Crippen LogP contribution in [0.3, 0.4) is 0 Å². The maximum atomic E-state index is 11.1. The minimum atomic E-state index is -0.990. The average molecular weight is 261 g/mol. The molecule has 1 N–H and O–H groups in total. The van der Waals surface area contributed by atoms with Crippen molar-refractivity contribution in [2.45, 2.75) is 33.6 Å². The van der Waals surface area contributed by atoms with Gasteiger partial charge in [-0.3, -0.25) is 0 Å². The molecule has 0 atom stereocenters. The minimum Gasteiger partial charge on any atom is -0.492 e. The average Bonchev–Trinajstić information content (AvgIpc) is 2.35. The highest BCUT2D eigenvalue weighted by Gasteiger charge is 2.17. The van der Waals surface area contributed by atoms with E-state index in [2.05, 4.69) is 6.07 Å². The van der Waals surface area contributed by atoms with E-state index in [4.69, 9.17) is 15.1 Å². The monoisotopic (exact) mass is 261 g/mol. The Kier molecular flexibility index (Phi) is 4.94. The van der Waals surface area contributed by atoms with Crippen molar-refractivity contribution in [3.05, 3.63) is 29.3 Å². The predicted octanol–water partition coefficient (Wildman–Crippen LogP) is 3.40. The molecule has 1 aromatic rings. The lowest BCUT2D eigenvalue weighted by molar-refractivity contribution is 0.0691. The van der Waals surface area contributed by atoms with E-state index in [1.165, 1.54) is 6.07 Å². The van der Waals surface area contributed by atoms with Gasteiger partial charge in [0.2, 0.25) is 0 Å². The van der Waals surface area contributed by atoms with Crippen LogP contribution in [0.25, 0.3) is 0 Å². The van der Waals surface area contributed by atoms with Gasteiger partial charge in [0.1, 0.15) is 11.3 Å². The standard InChI is InChI=1S/C15H19NO3/c1-11-6-4-7-12(14(17)18)13(11)19-9-5-8-15(2,3)10-16/h4,6-7H,5,8-9H2,1-3H3,(H,17,18). The van der Waals surface area contributed by atoms with Crippen LogP contribution >= 0.6 is 0 Å². The van der Waals surface area contributed by atoms with Crippen molar-refractivity contribution < 1.29 is 14.6 Å². The highest BCUT2D eigenvalue weighted by Crippen LogP contribution is 2.25. The topological polar surface area (TPSA) is 70.3 Å². The van der Waals surface area contributed by atoms with Gasteiger partial charge in [-0.25, -0.2) is 4.79 Å². The van der Waals surface area contributed by atoms with Gasteiger partial charge >= 0.3 is 5.97 Å². The Morgan fingerprint density at radius 1 is 1.47 bits per heavy atom. The number of aryl methyl sites for hydroxylation is 1. The fraction of sp³-hybridized carbons (Fsp3) is 0.467. The number of rotatable bonds is 6. The van der Waals surface area contributed by atoms with Crippen molar-refractivity contribution in [2.24, 2.45) is 5.41 Å². The quantitative estimate of drug-likeness (QED) is 0.797. The molecule has 0 spiro atoms. The number of nitrogens with zero attached hydrogens (tertiary/aromatic N) is 1. The molecule has 0 amide bonds. The van der Waals surface area contributed by atoms with Gasteiger partial charge in [0.15, 0.2) is 0 Å². The fourth-order valence-electron chi connectivity index (χ4n) is 1.76. The molecule has 1 rings (SSSR count). The molecule has 4 nitrogen and oxygen atoms in total. The summed E-state index contributed by atoms with van der Waals surface area (Å²) in [5, 5.41) is 18.0. The molecule has 0 saturated carbocycles. The van der Waals surface area contributed by atoms with Crippen molar-refractivity contribution in [1.82, 2.24) is 0 Å². The molecule has 1 aromatic carbocycles. The van der Waals surface area contributed by atoms with Crippen LogP contribution in [-0.4, -0.2) is 17.7 Å².